The number of halogens is 1. The van der Waals surface area contributed by atoms with Crippen molar-refractivity contribution in [1.29, 1.82) is 0 Å². The van der Waals surface area contributed by atoms with Crippen LogP contribution in [0.2, 0.25) is 5.02 Å². The first kappa shape index (κ1) is 12.5. The molecule has 0 bridgehead atoms. The number of phenolic OH excluding ortho intramolecular Hbond substituents is 1. The summed E-state index contributed by atoms with van der Waals surface area (Å²) >= 11 is 5.81. The number of aromatic hydroxyl groups is 1. The first-order valence-electron chi connectivity index (χ1n) is 5.47. The first-order valence-corrected chi connectivity index (χ1v) is 5.84. The van der Waals surface area contributed by atoms with Crippen molar-refractivity contribution in [2.75, 3.05) is 0 Å². The van der Waals surface area contributed by atoms with Gasteiger partial charge in [0.1, 0.15) is 5.75 Å². The van der Waals surface area contributed by atoms with Gasteiger partial charge >= 0.3 is 0 Å². The third-order valence-corrected chi connectivity index (χ3v) is 2.69. The van der Waals surface area contributed by atoms with Crippen molar-refractivity contribution < 1.29 is 9.90 Å². The Kier molecular flexibility index (Phi) is 3.85. The van der Waals surface area contributed by atoms with Crippen LogP contribution in [-0.2, 0) is 6.54 Å². The van der Waals surface area contributed by atoms with Crippen molar-refractivity contribution in [3.63, 3.8) is 0 Å². The highest BCUT2D eigenvalue weighted by Gasteiger charge is 2.05. The molecule has 0 unspecified atom stereocenters. The predicted octanol–water partition coefficient (Wildman–Crippen LogP) is 2.98. The quantitative estimate of drug-likeness (QED) is 0.892. The second-order valence-corrected chi connectivity index (χ2v) is 4.30. The molecule has 0 heterocycles. The van der Waals surface area contributed by atoms with E-state index in [2.05, 4.69) is 5.32 Å². The van der Waals surface area contributed by atoms with E-state index in [0.717, 1.165) is 5.56 Å². The van der Waals surface area contributed by atoms with E-state index in [1.807, 2.05) is 6.07 Å². The highest BCUT2D eigenvalue weighted by molar-refractivity contribution is 6.30. The molecular formula is C14H12ClNO2. The number of phenols is 1. The maximum absolute atomic E-state index is 11.8. The summed E-state index contributed by atoms with van der Waals surface area (Å²) in [5.74, 6) is -0.00894. The Hall–Kier alpha value is -2.00. The molecular weight excluding hydrogens is 250 g/mol. The van der Waals surface area contributed by atoms with Gasteiger partial charge in [0.2, 0.25) is 0 Å². The summed E-state index contributed by atoms with van der Waals surface area (Å²) in [5, 5.41) is 12.6. The zero-order chi connectivity index (χ0) is 13.0. The molecule has 0 aliphatic carbocycles. The first-order chi connectivity index (χ1) is 8.65. The lowest BCUT2D eigenvalue weighted by Crippen LogP contribution is -2.22. The van der Waals surface area contributed by atoms with E-state index in [0.29, 0.717) is 17.1 Å². The van der Waals surface area contributed by atoms with Crippen LogP contribution in [0, 0.1) is 0 Å². The van der Waals surface area contributed by atoms with Crippen LogP contribution in [0.3, 0.4) is 0 Å². The summed E-state index contributed by atoms with van der Waals surface area (Å²) in [7, 11) is 0. The summed E-state index contributed by atoms with van der Waals surface area (Å²) in [6.45, 7) is 0.361. The average molecular weight is 262 g/mol. The van der Waals surface area contributed by atoms with Crippen molar-refractivity contribution in [2.24, 2.45) is 0 Å². The van der Waals surface area contributed by atoms with E-state index < -0.39 is 0 Å². The zero-order valence-electron chi connectivity index (χ0n) is 9.56. The lowest BCUT2D eigenvalue weighted by Gasteiger charge is -2.06. The van der Waals surface area contributed by atoms with Crippen molar-refractivity contribution in [2.45, 2.75) is 6.54 Å². The molecule has 2 aromatic carbocycles. The highest BCUT2D eigenvalue weighted by Crippen LogP contribution is 2.12. The molecule has 0 spiro atoms. The lowest BCUT2D eigenvalue weighted by molar-refractivity contribution is 0.0951. The number of carbonyl (C=O) groups excluding carboxylic acids is 1. The van der Waals surface area contributed by atoms with E-state index in [9.17, 15) is 9.90 Å². The number of carbonyl (C=O) groups is 1. The fraction of sp³-hybridized carbons (Fsp3) is 0.0714. The maximum Gasteiger partial charge on any atom is 0.251 e. The Labute approximate surface area is 110 Å². The van der Waals surface area contributed by atoms with Gasteiger partial charge in [-0.2, -0.15) is 0 Å². The molecule has 0 saturated carbocycles. The van der Waals surface area contributed by atoms with Crippen LogP contribution in [0.15, 0.2) is 48.5 Å². The van der Waals surface area contributed by atoms with Gasteiger partial charge < -0.3 is 10.4 Å². The van der Waals surface area contributed by atoms with E-state index >= 15 is 0 Å². The molecule has 0 aromatic heterocycles. The molecule has 2 N–H and O–H groups in total. The molecule has 3 nitrogen and oxygen atoms in total. The second-order valence-electron chi connectivity index (χ2n) is 3.86. The fourth-order valence-electron chi connectivity index (χ4n) is 1.58. The van der Waals surface area contributed by atoms with Gasteiger partial charge in [-0.25, -0.2) is 0 Å². The average Bonchev–Trinajstić information content (AvgIpc) is 2.36. The van der Waals surface area contributed by atoms with Gasteiger partial charge in [0, 0.05) is 17.1 Å². The van der Waals surface area contributed by atoms with Crippen LogP contribution in [0.25, 0.3) is 0 Å². The molecule has 92 valence electrons. The van der Waals surface area contributed by atoms with Crippen LogP contribution < -0.4 is 5.32 Å². The SMILES string of the molecule is O=C(NCc1cccc(O)c1)c1cccc(Cl)c1. The van der Waals surface area contributed by atoms with Crippen LogP contribution in [0.1, 0.15) is 15.9 Å². The van der Waals surface area contributed by atoms with E-state index in [-0.39, 0.29) is 11.7 Å². The van der Waals surface area contributed by atoms with E-state index in [1.54, 1.807) is 42.5 Å². The number of nitrogens with one attached hydrogen (secondary N) is 1. The Balaban J connectivity index is 2.00. The topological polar surface area (TPSA) is 49.3 Å². The minimum absolute atomic E-state index is 0.185. The fourth-order valence-corrected chi connectivity index (χ4v) is 1.77. The number of hydrogen-bond donors (Lipinski definition) is 2. The molecule has 2 aromatic rings. The van der Waals surface area contributed by atoms with Gasteiger partial charge in [0.25, 0.3) is 5.91 Å². The minimum Gasteiger partial charge on any atom is -0.508 e. The van der Waals surface area contributed by atoms with Crippen molar-refractivity contribution >= 4 is 17.5 Å². The molecule has 0 aliphatic rings. The summed E-state index contributed by atoms with van der Waals surface area (Å²) in [4.78, 5) is 11.8. The number of rotatable bonds is 3. The molecule has 2 rings (SSSR count). The Morgan fingerprint density at radius 2 is 1.94 bits per heavy atom. The summed E-state index contributed by atoms with van der Waals surface area (Å²) in [6.07, 6.45) is 0. The third-order valence-electron chi connectivity index (χ3n) is 2.45. The van der Waals surface area contributed by atoms with Crippen molar-refractivity contribution in [3.8, 4) is 5.75 Å². The summed E-state index contributed by atoms with van der Waals surface area (Å²) < 4.78 is 0. The molecule has 0 fully saturated rings. The molecule has 0 aliphatic heterocycles. The number of benzene rings is 2. The van der Waals surface area contributed by atoms with Crippen LogP contribution in [0.4, 0.5) is 0 Å². The predicted molar refractivity (Wildman–Crippen MR) is 70.7 cm³/mol. The van der Waals surface area contributed by atoms with Gasteiger partial charge in [0.05, 0.1) is 0 Å². The van der Waals surface area contributed by atoms with E-state index in [1.165, 1.54) is 0 Å². The molecule has 0 radical (unpaired) electrons. The largest absolute Gasteiger partial charge is 0.508 e. The zero-order valence-corrected chi connectivity index (χ0v) is 10.3. The van der Waals surface area contributed by atoms with Crippen LogP contribution in [-0.4, -0.2) is 11.0 Å². The Bertz CT molecular complexity index is 569. The van der Waals surface area contributed by atoms with Gasteiger partial charge in [-0.1, -0.05) is 29.8 Å². The van der Waals surface area contributed by atoms with Crippen LogP contribution in [0.5, 0.6) is 5.75 Å². The summed E-state index contributed by atoms with van der Waals surface area (Å²) in [6, 6.07) is 13.5. The smallest absolute Gasteiger partial charge is 0.251 e. The van der Waals surface area contributed by atoms with Gasteiger partial charge in [0.15, 0.2) is 0 Å². The minimum atomic E-state index is -0.194. The van der Waals surface area contributed by atoms with Crippen LogP contribution >= 0.6 is 11.6 Å². The van der Waals surface area contributed by atoms with E-state index in [4.69, 9.17) is 11.6 Å². The Morgan fingerprint density at radius 3 is 2.67 bits per heavy atom. The van der Waals surface area contributed by atoms with Gasteiger partial charge in [-0.15, -0.1) is 0 Å². The highest BCUT2D eigenvalue weighted by atomic mass is 35.5. The van der Waals surface area contributed by atoms with Gasteiger partial charge in [-0.3, -0.25) is 4.79 Å². The number of amides is 1. The molecule has 0 saturated heterocycles. The third kappa shape index (κ3) is 3.25. The normalized spacial score (nSPS) is 10.1. The van der Waals surface area contributed by atoms with Crippen molar-refractivity contribution in [1.82, 2.24) is 5.32 Å². The second kappa shape index (κ2) is 5.56. The standard InChI is InChI=1S/C14H12ClNO2/c15-12-5-2-4-11(8-12)14(18)16-9-10-3-1-6-13(17)7-10/h1-8,17H,9H2,(H,16,18). The lowest BCUT2D eigenvalue weighted by atomic mass is 10.2. The molecule has 18 heavy (non-hydrogen) atoms. The molecule has 4 heteroatoms. The molecule has 0 atom stereocenters. The monoisotopic (exact) mass is 261 g/mol. The van der Waals surface area contributed by atoms with Gasteiger partial charge in [-0.05, 0) is 35.9 Å². The summed E-state index contributed by atoms with van der Waals surface area (Å²) in [5.41, 5.74) is 1.35. The Morgan fingerprint density at radius 1 is 1.17 bits per heavy atom. The maximum atomic E-state index is 11.8. The number of hydrogen-bond acceptors (Lipinski definition) is 2. The molecule has 1 amide bonds. The van der Waals surface area contributed by atoms with Crippen molar-refractivity contribution in [3.05, 3.63) is 64.7 Å².